The second-order valence-corrected chi connectivity index (χ2v) is 4.67. The number of fused-ring (bicyclic) bond motifs is 1. The molecule has 1 aromatic heterocycles. The molecule has 0 fully saturated rings. The summed E-state index contributed by atoms with van der Waals surface area (Å²) >= 11 is 0. The van der Waals surface area contributed by atoms with Crippen LogP contribution in [0.4, 0.5) is 11.5 Å². The average molecular weight is 256 g/mol. The lowest BCUT2D eigenvalue weighted by molar-refractivity contribution is -0.116. The Labute approximate surface area is 111 Å². The monoisotopic (exact) mass is 256 g/mol. The number of nitrogens with zero attached hydrogens (tertiary/aromatic N) is 1. The molecule has 0 saturated carbocycles. The molecular formula is C14H16N4O. The lowest BCUT2D eigenvalue weighted by Gasteiger charge is -2.11. The van der Waals surface area contributed by atoms with Gasteiger partial charge < -0.3 is 10.6 Å². The van der Waals surface area contributed by atoms with E-state index in [-0.39, 0.29) is 11.9 Å². The van der Waals surface area contributed by atoms with Crippen LogP contribution in [0.15, 0.2) is 30.5 Å². The van der Waals surface area contributed by atoms with Crippen LogP contribution < -0.4 is 10.6 Å². The predicted molar refractivity (Wildman–Crippen MR) is 74.2 cm³/mol. The van der Waals surface area contributed by atoms with Crippen molar-refractivity contribution < 1.29 is 4.79 Å². The van der Waals surface area contributed by atoms with Crippen molar-refractivity contribution in [2.45, 2.75) is 25.8 Å². The van der Waals surface area contributed by atoms with Gasteiger partial charge >= 0.3 is 0 Å². The SMILES string of the molecule is CCc1cn[nH]c1NC(=O)[C@@H]1Cc2ccccc2N1. The summed E-state index contributed by atoms with van der Waals surface area (Å²) in [5.41, 5.74) is 3.25. The summed E-state index contributed by atoms with van der Waals surface area (Å²) in [7, 11) is 0. The van der Waals surface area contributed by atoms with Gasteiger partial charge in [-0.3, -0.25) is 9.89 Å². The van der Waals surface area contributed by atoms with E-state index in [1.165, 1.54) is 5.56 Å². The van der Waals surface area contributed by atoms with Crippen LogP contribution in [0.25, 0.3) is 0 Å². The van der Waals surface area contributed by atoms with Gasteiger partial charge in [0.2, 0.25) is 5.91 Å². The van der Waals surface area contributed by atoms with E-state index in [1.54, 1.807) is 6.20 Å². The minimum atomic E-state index is -0.217. The third-order valence-corrected chi connectivity index (χ3v) is 3.43. The maximum atomic E-state index is 12.2. The number of carbonyl (C=O) groups is 1. The van der Waals surface area contributed by atoms with Gasteiger partial charge in [-0.2, -0.15) is 5.10 Å². The molecule has 0 spiro atoms. The summed E-state index contributed by atoms with van der Waals surface area (Å²) in [4.78, 5) is 12.2. The number of carbonyl (C=O) groups excluding carboxylic acids is 1. The number of hydrogen-bond donors (Lipinski definition) is 3. The van der Waals surface area contributed by atoms with Crippen LogP contribution in [-0.2, 0) is 17.6 Å². The third kappa shape index (κ3) is 2.19. The molecule has 19 heavy (non-hydrogen) atoms. The van der Waals surface area contributed by atoms with Crippen molar-refractivity contribution in [1.29, 1.82) is 0 Å². The highest BCUT2D eigenvalue weighted by atomic mass is 16.2. The molecule has 98 valence electrons. The first-order valence-electron chi connectivity index (χ1n) is 6.45. The summed E-state index contributed by atoms with van der Waals surface area (Å²) in [5, 5.41) is 12.9. The fourth-order valence-corrected chi connectivity index (χ4v) is 2.35. The van der Waals surface area contributed by atoms with E-state index >= 15 is 0 Å². The van der Waals surface area contributed by atoms with Gasteiger partial charge in [-0.1, -0.05) is 25.1 Å². The summed E-state index contributed by atoms with van der Waals surface area (Å²) in [6.07, 6.45) is 3.30. The van der Waals surface area contributed by atoms with Gasteiger partial charge in [0.05, 0.1) is 6.20 Å². The maximum Gasteiger partial charge on any atom is 0.248 e. The Hall–Kier alpha value is -2.30. The number of aromatic nitrogens is 2. The maximum absolute atomic E-state index is 12.2. The van der Waals surface area contributed by atoms with Gasteiger partial charge in [0, 0.05) is 17.7 Å². The number of H-pyrrole nitrogens is 1. The number of aryl methyl sites for hydroxylation is 1. The van der Waals surface area contributed by atoms with Crippen molar-refractivity contribution >= 4 is 17.4 Å². The van der Waals surface area contributed by atoms with Crippen LogP contribution in [0.1, 0.15) is 18.1 Å². The van der Waals surface area contributed by atoms with Gasteiger partial charge in [0.15, 0.2) is 0 Å². The molecule has 2 aromatic rings. The average Bonchev–Trinajstić information content (AvgIpc) is 3.03. The molecule has 3 rings (SSSR count). The topological polar surface area (TPSA) is 69.8 Å². The quantitative estimate of drug-likeness (QED) is 0.786. The van der Waals surface area contributed by atoms with E-state index in [0.717, 1.165) is 24.1 Å². The molecule has 1 atom stereocenters. The molecule has 1 aliphatic rings. The number of aromatic amines is 1. The number of hydrogen-bond acceptors (Lipinski definition) is 3. The van der Waals surface area contributed by atoms with Crippen LogP contribution in [0.3, 0.4) is 0 Å². The van der Waals surface area contributed by atoms with E-state index in [9.17, 15) is 4.79 Å². The van der Waals surface area contributed by atoms with Crippen LogP contribution in [0, 0.1) is 0 Å². The van der Waals surface area contributed by atoms with E-state index in [0.29, 0.717) is 5.82 Å². The molecule has 0 radical (unpaired) electrons. The Kier molecular flexibility index (Phi) is 2.95. The third-order valence-electron chi connectivity index (χ3n) is 3.43. The summed E-state index contributed by atoms with van der Waals surface area (Å²) in [5.74, 6) is 0.667. The number of benzene rings is 1. The second-order valence-electron chi connectivity index (χ2n) is 4.67. The Morgan fingerprint density at radius 2 is 2.32 bits per heavy atom. The molecule has 0 bridgehead atoms. The summed E-state index contributed by atoms with van der Waals surface area (Å²) in [6.45, 7) is 2.03. The van der Waals surface area contributed by atoms with E-state index in [2.05, 4.69) is 20.8 Å². The molecule has 0 saturated heterocycles. The van der Waals surface area contributed by atoms with Crippen molar-refractivity contribution in [1.82, 2.24) is 10.2 Å². The van der Waals surface area contributed by atoms with Crippen LogP contribution >= 0.6 is 0 Å². The number of amides is 1. The van der Waals surface area contributed by atoms with Crippen molar-refractivity contribution in [3.63, 3.8) is 0 Å². The first-order chi connectivity index (χ1) is 9.28. The van der Waals surface area contributed by atoms with Crippen molar-refractivity contribution in [2.24, 2.45) is 0 Å². The number of anilines is 2. The van der Waals surface area contributed by atoms with Crippen LogP contribution in [0.2, 0.25) is 0 Å². The highest BCUT2D eigenvalue weighted by molar-refractivity contribution is 5.97. The van der Waals surface area contributed by atoms with Crippen LogP contribution in [-0.4, -0.2) is 22.1 Å². The largest absolute Gasteiger partial charge is 0.373 e. The number of rotatable bonds is 3. The number of nitrogens with one attached hydrogen (secondary N) is 3. The Bertz CT molecular complexity index is 580. The Morgan fingerprint density at radius 1 is 1.47 bits per heavy atom. The minimum Gasteiger partial charge on any atom is -0.373 e. The first kappa shape index (κ1) is 11.8. The van der Waals surface area contributed by atoms with Gasteiger partial charge in [-0.15, -0.1) is 0 Å². The zero-order chi connectivity index (χ0) is 13.2. The Morgan fingerprint density at radius 3 is 3.11 bits per heavy atom. The highest BCUT2D eigenvalue weighted by Gasteiger charge is 2.26. The number of para-hydroxylation sites is 1. The molecule has 1 amide bonds. The Balaban J connectivity index is 1.70. The molecule has 0 unspecified atom stereocenters. The molecule has 1 aliphatic heterocycles. The second kappa shape index (κ2) is 4.76. The van der Waals surface area contributed by atoms with E-state index in [1.807, 2.05) is 31.2 Å². The zero-order valence-corrected chi connectivity index (χ0v) is 10.7. The summed E-state index contributed by atoms with van der Waals surface area (Å²) < 4.78 is 0. The molecule has 3 N–H and O–H groups in total. The normalized spacial score (nSPS) is 16.8. The van der Waals surface area contributed by atoms with Crippen molar-refractivity contribution in [3.8, 4) is 0 Å². The van der Waals surface area contributed by atoms with Gasteiger partial charge in [0.25, 0.3) is 0 Å². The molecular weight excluding hydrogens is 240 g/mol. The lowest BCUT2D eigenvalue weighted by atomic mass is 10.1. The van der Waals surface area contributed by atoms with Gasteiger partial charge in [0.1, 0.15) is 11.9 Å². The van der Waals surface area contributed by atoms with Crippen molar-refractivity contribution in [3.05, 3.63) is 41.6 Å². The van der Waals surface area contributed by atoms with Gasteiger partial charge in [-0.05, 0) is 18.1 Å². The fraction of sp³-hybridized carbons (Fsp3) is 0.286. The predicted octanol–water partition coefficient (Wildman–Crippen LogP) is 1.95. The molecule has 5 nitrogen and oxygen atoms in total. The van der Waals surface area contributed by atoms with E-state index in [4.69, 9.17) is 0 Å². The van der Waals surface area contributed by atoms with Crippen molar-refractivity contribution in [2.75, 3.05) is 10.6 Å². The molecule has 2 heterocycles. The molecule has 1 aromatic carbocycles. The van der Waals surface area contributed by atoms with Gasteiger partial charge in [-0.25, -0.2) is 0 Å². The first-order valence-corrected chi connectivity index (χ1v) is 6.45. The lowest BCUT2D eigenvalue weighted by Crippen LogP contribution is -2.33. The van der Waals surface area contributed by atoms with E-state index < -0.39 is 0 Å². The zero-order valence-electron chi connectivity index (χ0n) is 10.7. The highest BCUT2D eigenvalue weighted by Crippen LogP contribution is 2.25. The molecule has 5 heteroatoms. The van der Waals surface area contributed by atoms with Crippen LogP contribution in [0.5, 0.6) is 0 Å². The fourth-order valence-electron chi connectivity index (χ4n) is 2.35. The standard InChI is InChI=1S/C14H16N4O/c1-2-9-8-15-18-13(9)17-14(19)12-7-10-5-3-4-6-11(10)16-12/h3-6,8,12,16H,2,7H2,1H3,(H2,15,17,18,19)/t12-/m0/s1. The summed E-state index contributed by atoms with van der Waals surface area (Å²) in [6, 6.07) is 7.78. The minimum absolute atomic E-state index is 0.0323. The smallest absolute Gasteiger partial charge is 0.248 e. The molecule has 0 aliphatic carbocycles.